The van der Waals surface area contributed by atoms with Gasteiger partial charge in [-0.2, -0.15) is 0 Å². The number of primary amides is 1. The van der Waals surface area contributed by atoms with Gasteiger partial charge in [0.25, 0.3) is 0 Å². The summed E-state index contributed by atoms with van der Waals surface area (Å²) in [6, 6.07) is 0.409. The Balaban J connectivity index is 2.76. The summed E-state index contributed by atoms with van der Waals surface area (Å²) in [5.41, 5.74) is 5.12. The smallest absolute Gasteiger partial charge is 0.237 e. The average Bonchev–Trinajstić information content (AvgIpc) is 2.15. The van der Waals surface area contributed by atoms with Crippen LogP contribution >= 0.6 is 0 Å². The molecule has 0 saturated heterocycles. The molecule has 0 aliphatic heterocycles. The van der Waals surface area contributed by atoms with E-state index in [1.54, 1.807) is 0 Å². The monoisotopic (exact) mass is 240 g/mol. The van der Waals surface area contributed by atoms with Crippen LogP contribution in [0.3, 0.4) is 0 Å². The Morgan fingerprint density at radius 2 is 1.65 bits per heavy atom. The molecule has 1 amide bonds. The van der Waals surface area contributed by atoms with Crippen LogP contribution in [0.5, 0.6) is 0 Å². The van der Waals surface area contributed by atoms with Gasteiger partial charge >= 0.3 is 0 Å². The highest BCUT2D eigenvalue weighted by Crippen LogP contribution is 2.38. The zero-order valence-corrected chi connectivity index (χ0v) is 12.0. The lowest BCUT2D eigenvalue weighted by molar-refractivity contribution is -0.124. The minimum Gasteiger partial charge on any atom is -0.368 e. The average molecular weight is 240 g/mol. The van der Waals surface area contributed by atoms with Gasteiger partial charge in [0.2, 0.25) is 5.91 Å². The zero-order valence-electron chi connectivity index (χ0n) is 12.0. The third-order valence-electron chi connectivity index (χ3n) is 4.04. The van der Waals surface area contributed by atoms with Gasteiger partial charge in [-0.15, -0.1) is 0 Å². The molecule has 17 heavy (non-hydrogen) atoms. The normalized spacial score (nSPS) is 26.9. The van der Waals surface area contributed by atoms with Crippen molar-refractivity contribution in [3.63, 3.8) is 0 Å². The molecule has 0 bridgehead atoms. The van der Waals surface area contributed by atoms with E-state index < -0.39 is 5.54 Å². The SMILES string of the molecule is CC(C)(NC1CCCCC1C(C)(C)C)C(N)=O. The van der Waals surface area contributed by atoms with E-state index in [0.29, 0.717) is 12.0 Å². The second kappa shape index (κ2) is 4.97. The fourth-order valence-corrected chi connectivity index (χ4v) is 2.87. The van der Waals surface area contributed by atoms with Gasteiger partial charge in [0.15, 0.2) is 0 Å². The van der Waals surface area contributed by atoms with Crippen molar-refractivity contribution in [2.75, 3.05) is 0 Å². The molecule has 1 aliphatic rings. The highest BCUT2D eigenvalue weighted by molar-refractivity contribution is 5.83. The number of carbonyl (C=O) groups is 1. The van der Waals surface area contributed by atoms with Crippen molar-refractivity contribution in [1.29, 1.82) is 0 Å². The Kier molecular flexibility index (Phi) is 4.23. The number of nitrogens with two attached hydrogens (primary N) is 1. The lowest BCUT2D eigenvalue weighted by Crippen LogP contribution is -2.58. The van der Waals surface area contributed by atoms with Crippen LogP contribution in [0.15, 0.2) is 0 Å². The summed E-state index contributed by atoms with van der Waals surface area (Å²) in [7, 11) is 0. The maximum atomic E-state index is 11.4. The van der Waals surface area contributed by atoms with Crippen LogP contribution < -0.4 is 11.1 Å². The van der Waals surface area contributed by atoms with Crippen LogP contribution in [0.4, 0.5) is 0 Å². The molecule has 0 aromatic carbocycles. The molecule has 1 saturated carbocycles. The Labute approximate surface area is 106 Å². The molecule has 2 unspecified atom stereocenters. The minimum absolute atomic E-state index is 0.268. The third kappa shape index (κ3) is 3.70. The number of rotatable bonds is 3. The van der Waals surface area contributed by atoms with Crippen molar-refractivity contribution < 1.29 is 4.79 Å². The minimum atomic E-state index is -0.606. The molecule has 100 valence electrons. The first kappa shape index (κ1) is 14.5. The number of hydrogen-bond donors (Lipinski definition) is 2. The number of carbonyl (C=O) groups excluding carboxylic acids is 1. The van der Waals surface area contributed by atoms with E-state index in [-0.39, 0.29) is 11.3 Å². The molecular formula is C14H28N2O. The van der Waals surface area contributed by atoms with Gasteiger partial charge < -0.3 is 11.1 Å². The van der Waals surface area contributed by atoms with Crippen molar-refractivity contribution in [2.45, 2.75) is 71.9 Å². The fourth-order valence-electron chi connectivity index (χ4n) is 2.87. The predicted octanol–water partition coefficient (Wildman–Crippen LogP) is 2.44. The standard InChI is InChI=1S/C14H28N2O/c1-13(2,3)10-8-6-7-9-11(10)16-14(4,5)12(15)17/h10-11,16H,6-9H2,1-5H3,(H2,15,17). The number of hydrogen-bond acceptors (Lipinski definition) is 2. The molecule has 1 aliphatic carbocycles. The number of nitrogens with one attached hydrogen (secondary N) is 1. The molecule has 1 rings (SSSR count). The summed E-state index contributed by atoms with van der Waals surface area (Å²) >= 11 is 0. The molecular weight excluding hydrogens is 212 g/mol. The molecule has 2 atom stereocenters. The van der Waals surface area contributed by atoms with Gasteiger partial charge in [-0.1, -0.05) is 33.6 Å². The summed E-state index contributed by atoms with van der Waals surface area (Å²) in [5.74, 6) is 0.352. The summed E-state index contributed by atoms with van der Waals surface area (Å²) < 4.78 is 0. The Hall–Kier alpha value is -0.570. The Morgan fingerprint density at radius 3 is 2.12 bits per heavy atom. The van der Waals surface area contributed by atoms with Crippen LogP contribution in [0.25, 0.3) is 0 Å². The van der Waals surface area contributed by atoms with Crippen molar-refractivity contribution in [3.05, 3.63) is 0 Å². The summed E-state index contributed by atoms with van der Waals surface area (Å²) in [6.07, 6.45) is 4.95. The summed E-state index contributed by atoms with van der Waals surface area (Å²) in [4.78, 5) is 11.4. The van der Waals surface area contributed by atoms with E-state index >= 15 is 0 Å². The van der Waals surface area contributed by atoms with Gasteiger partial charge in [0.05, 0.1) is 5.54 Å². The molecule has 3 nitrogen and oxygen atoms in total. The van der Waals surface area contributed by atoms with Crippen molar-refractivity contribution in [2.24, 2.45) is 17.1 Å². The molecule has 0 aromatic heterocycles. The van der Waals surface area contributed by atoms with Gasteiger partial charge in [-0.3, -0.25) is 4.79 Å². The van der Waals surface area contributed by atoms with Gasteiger partial charge in [0.1, 0.15) is 0 Å². The molecule has 3 heteroatoms. The van der Waals surface area contributed by atoms with Crippen LogP contribution in [0.1, 0.15) is 60.3 Å². The first-order chi connectivity index (χ1) is 7.64. The fraction of sp³-hybridized carbons (Fsp3) is 0.929. The summed E-state index contributed by atoms with van der Waals surface area (Å²) in [5, 5.41) is 3.48. The van der Waals surface area contributed by atoms with Crippen LogP contribution in [-0.4, -0.2) is 17.5 Å². The quantitative estimate of drug-likeness (QED) is 0.796. The van der Waals surface area contributed by atoms with E-state index in [9.17, 15) is 4.79 Å². The van der Waals surface area contributed by atoms with E-state index in [1.807, 2.05) is 13.8 Å². The highest BCUT2D eigenvalue weighted by atomic mass is 16.1. The van der Waals surface area contributed by atoms with Crippen LogP contribution in [-0.2, 0) is 4.79 Å². The van der Waals surface area contributed by atoms with Crippen LogP contribution in [0, 0.1) is 11.3 Å². The van der Waals surface area contributed by atoms with Crippen molar-refractivity contribution in [1.82, 2.24) is 5.32 Å². The predicted molar refractivity (Wildman–Crippen MR) is 71.6 cm³/mol. The summed E-state index contributed by atoms with van der Waals surface area (Å²) in [6.45, 7) is 10.6. The molecule has 3 N–H and O–H groups in total. The first-order valence-electron chi connectivity index (χ1n) is 6.72. The Bertz CT molecular complexity index is 278. The Morgan fingerprint density at radius 1 is 1.12 bits per heavy atom. The zero-order chi connectivity index (χ0) is 13.3. The maximum Gasteiger partial charge on any atom is 0.237 e. The van der Waals surface area contributed by atoms with Crippen molar-refractivity contribution >= 4 is 5.91 Å². The molecule has 0 radical (unpaired) electrons. The van der Waals surface area contributed by atoms with E-state index in [1.165, 1.54) is 19.3 Å². The molecule has 0 heterocycles. The van der Waals surface area contributed by atoms with E-state index in [0.717, 1.165) is 6.42 Å². The highest BCUT2D eigenvalue weighted by Gasteiger charge is 2.38. The lowest BCUT2D eigenvalue weighted by atomic mass is 9.69. The van der Waals surface area contributed by atoms with Crippen molar-refractivity contribution in [3.8, 4) is 0 Å². The molecule has 1 fully saturated rings. The third-order valence-corrected chi connectivity index (χ3v) is 4.04. The second-order valence-corrected chi connectivity index (χ2v) is 7.00. The lowest BCUT2D eigenvalue weighted by Gasteiger charge is -2.43. The molecule has 0 aromatic rings. The van der Waals surface area contributed by atoms with Gasteiger partial charge in [-0.05, 0) is 38.0 Å². The van der Waals surface area contributed by atoms with Gasteiger partial charge in [0, 0.05) is 6.04 Å². The van der Waals surface area contributed by atoms with E-state index in [4.69, 9.17) is 5.73 Å². The van der Waals surface area contributed by atoms with E-state index in [2.05, 4.69) is 26.1 Å². The maximum absolute atomic E-state index is 11.4. The largest absolute Gasteiger partial charge is 0.368 e. The molecule has 0 spiro atoms. The topological polar surface area (TPSA) is 55.1 Å². The second-order valence-electron chi connectivity index (χ2n) is 7.00. The van der Waals surface area contributed by atoms with Gasteiger partial charge in [-0.25, -0.2) is 0 Å². The first-order valence-corrected chi connectivity index (χ1v) is 6.72. The number of amides is 1. The van der Waals surface area contributed by atoms with Crippen LogP contribution in [0.2, 0.25) is 0 Å².